The van der Waals surface area contributed by atoms with Crippen LogP contribution in [0.5, 0.6) is 0 Å². The van der Waals surface area contributed by atoms with E-state index in [9.17, 15) is 14.4 Å². The molecule has 152 valence electrons. The molecule has 0 saturated heterocycles. The van der Waals surface area contributed by atoms with Gasteiger partial charge in [0.25, 0.3) is 11.5 Å². The van der Waals surface area contributed by atoms with Crippen LogP contribution in [-0.4, -0.2) is 22.0 Å². The number of H-pyrrole nitrogens is 1. The number of rotatable bonds is 8. The van der Waals surface area contributed by atoms with E-state index in [1.54, 1.807) is 6.07 Å². The second-order valence-corrected chi connectivity index (χ2v) is 7.82. The lowest BCUT2D eigenvalue weighted by molar-refractivity contribution is 0.0985. The minimum atomic E-state index is -0.637. The van der Waals surface area contributed by atoms with Gasteiger partial charge in [-0.25, -0.2) is 4.79 Å². The SMILES string of the molecule is CCCCN(C(=O)c1cccc(C)c1I)c1c(N)n(CCCC)c(=O)[nH]c1=O. The van der Waals surface area contributed by atoms with Crippen molar-refractivity contribution in [2.24, 2.45) is 0 Å². The maximum atomic E-state index is 13.4. The molecule has 7 nitrogen and oxygen atoms in total. The molecule has 0 aliphatic heterocycles. The number of nitrogen functional groups attached to an aromatic ring is 1. The van der Waals surface area contributed by atoms with Gasteiger partial charge in [0.05, 0.1) is 5.56 Å². The third-order valence-corrected chi connectivity index (χ3v) is 6.05. The normalized spacial score (nSPS) is 10.9. The lowest BCUT2D eigenvalue weighted by Gasteiger charge is -2.25. The summed E-state index contributed by atoms with van der Waals surface area (Å²) in [5.41, 5.74) is 6.59. The van der Waals surface area contributed by atoms with Crippen LogP contribution in [0.15, 0.2) is 27.8 Å². The topological polar surface area (TPSA) is 101 Å². The van der Waals surface area contributed by atoms with Gasteiger partial charge in [-0.15, -0.1) is 0 Å². The minimum absolute atomic E-state index is 0.0364. The summed E-state index contributed by atoms with van der Waals surface area (Å²) in [4.78, 5) is 42.0. The van der Waals surface area contributed by atoms with Crippen molar-refractivity contribution >= 4 is 40.0 Å². The predicted octanol–water partition coefficient (Wildman–Crippen LogP) is 3.28. The molecule has 0 radical (unpaired) electrons. The number of carbonyl (C=O) groups is 1. The molecule has 0 aliphatic rings. The number of halogens is 1. The molecule has 3 N–H and O–H groups in total. The molecule has 0 spiro atoms. The number of amides is 1. The molecule has 0 saturated carbocycles. The highest BCUT2D eigenvalue weighted by Crippen LogP contribution is 2.24. The second-order valence-electron chi connectivity index (χ2n) is 6.75. The monoisotopic (exact) mass is 498 g/mol. The fraction of sp³-hybridized carbons (Fsp3) is 0.450. The third-order valence-electron chi connectivity index (χ3n) is 4.62. The summed E-state index contributed by atoms with van der Waals surface area (Å²) >= 11 is 2.14. The molecule has 1 aromatic carbocycles. The van der Waals surface area contributed by atoms with Crippen molar-refractivity contribution in [2.45, 2.75) is 53.0 Å². The summed E-state index contributed by atoms with van der Waals surface area (Å²) < 4.78 is 2.18. The first-order valence-electron chi connectivity index (χ1n) is 9.53. The summed E-state index contributed by atoms with van der Waals surface area (Å²) in [6.45, 7) is 6.68. The number of hydrogen-bond acceptors (Lipinski definition) is 4. The van der Waals surface area contributed by atoms with Crippen LogP contribution in [0.25, 0.3) is 0 Å². The number of anilines is 2. The number of aryl methyl sites for hydroxylation is 1. The Bertz CT molecular complexity index is 965. The number of aromatic nitrogens is 2. The Balaban J connectivity index is 2.63. The Kier molecular flexibility index (Phi) is 7.85. The molecular weight excluding hydrogens is 471 g/mol. The molecule has 0 fully saturated rings. The molecule has 1 heterocycles. The van der Waals surface area contributed by atoms with E-state index in [1.807, 2.05) is 32.9 Å². The molecule has 1 aromatic heterocycles. The van der Waals surface area contributed by atoms with Gasteiger partial charge >= 0.3 is 5.69 Å². The van der Waals surface area contributed by atoms with E-state index < -0.39 is 11.2 Å². The molecule has 2 rings (SSSR count). The van der Waals surface area contributed by atoms with E-state index in [2.05, 4.69) is 27.6 Å². The molecular formula is C20H27IN4O3. The summed E-state index contributed by atoms with van der Waals surface area (Å²) in [6.07, 6.45) is 3.18. The van der Waals surface area contributed by atoms with Gasteiger partial charge in [0.15, 0.2) is 5.69 Å². The highest BCUT2D eigenvalue weighted by atomic mass is 127. The van der Waals surface area contributed by atoms with Gasteiger partial charge in [-0.2, -0.15) is 0 Å². The maximum Gasteiger partial charge on any atom is 0.330 e. The van der Waals surface area contributed by atoms with Crippen molar-refractivity contribution in [3.63, 3.8) is 0 Å². The van der Waals surface area contributed by atoms with Crippen LogP contribution in [0.1, 0.15) is 55.5 Å². The van der Waals surface area contributed by atoms with Crippen LogP contribution in [0.4, 0.5) is 11.5 Å². The molecule has 0 unspecified atom stereocenters. The van der Waals surface area contributed by atoms with E-state index in [4.69, 9.17) is 5.73 Å². The quantitative estimate of drug-likeness (QED) is 0.546. The Morgan fingerprint density at radius 3 is 2.54 bits per heavy atom. The Morgan fingerprint density at radius 2 is 1.89 bits per heavy atom. The largest absolute Gasteiger partial charge is 0.383 e. The number of nitrogens with one attached hydrogen (secondary N) is 1. The number of nitrogens with zero attached hydrogens (tertiary/aromatic N) is 2. The first-order chi connectivity index (χ1) is 13.3. The average molecular weight is 498 g/mol. The smallest absolute Gasteiger partial charge is 0.330 e. The van der Waals surface area contributed by atoms with E-state index in [0.29, 0.717) is 25.1 Å². The van der Waals surface area contributed by atoms with E-state index in [1.165, 1.54) is 9.47 Å². The zero-order valence-corrected chi connectivity index (χ0v) is 18.7. The van der Waals surface area contributed by atoms with Crippen molar-refractivity contribution in [2.75, 3.05) is 17.2 Å². The van der Waals surface area contributed by atoms with Gasteiger partial charge < -0.3 is 10.6 Å². The molecule has 0 atom stereocenters. The van der Waals surface area contributed by atoms with Crippen LogP contribution in [0.2, 0.25) is 0 Å². The Labute approximate surface area is 178 Å². The van der Waals surface area contributed by atoms with Gasteiger partial charge in [-0.1, -0.05) is 38.8 Å². The lowest BCUT2D eigenvalue weighted by Crippen LogP contribution is -2.42. The van der Waals surface area contributed by atoms with Crippen molar-refractivity contribution in [3.8, 4) is 0 Å². The Hall–Kier alpha value is -2.10. The summed E-state index contributed by atoms with van der Waals surface area (Å²) in [5, 5.41) is 0. The summed E-state index contributed by atoms with van der Waals surface area (Å²) in [6, 6.07) is 5.49. The molecule has 2 aromatic rings. The van der Waals surface area contributed by atoms with Gasteiger partial charge in [-0.05, 0) is 54.0 Å². The van der Waals surface area contributed by atoms with Gasteiger partial charge in [0.1, 0.15) is 5.82 Å². The van der Waals surface area contributed by atoms with Gasteiger partial charge in [-0.3, -0.25) is 19.1 Å². The number of unbranched alkanes of at least 4 members (excludes halogenated alkanes) is 2. The number of hydrogen-bond donors (Lipinski definition) is 2. The van der Waals surface area contributed by atoms with Crippen LogP contribution >= 0.6 is 22.6 Å². The minimum Gasteiger partial charge on any atom is -0.383 e. The maximum absolute atomic E-state index is 13.4. The van der Waals surface area contributed by atoms with Crippen molar-refractivity contribution in [3.05, 3.63) is 53.7 Å². The summed E-state index contributed by atoms with van der Waals surface area (Å²) in [7, 11) is 0. The van der Waals surface area contributed by atoms with Gasteiger partial charge in [0, 0.05) is 16.7 Å². The van der Waals surface area contributed by atoms with Crippen LogP contribution in [0.3, 0.4) is 0 Å². The van der Waals surface area contributed by atoms with E-state index in [-0.39, 0.29) is 17.4 Å². The number of nitrogens with two attached hydrogens (primary N) is 1. The van der Waals surface area contributed by atoms with Crippen molar-refractivity contribution < 1.29 is 4.79 Å². The van der Waals surface area contributed by atoms with Crippen LogP contribution in [0, 0.1) is 10.5 Å². The average Bonchev–Trinajstić information content (AvgIpc) is 2.65. The first-order valence-corrected chi connectivity index (χ1v) is 10.6. The van der Waals surface area contributed by atoms with Crippen molar-refractivity contribution in [1.82, 2.24) is 9.55 Å². The second kappa shape index (κ2) is 9.90. The van der Waals surface area contributed by atoms with Crippen LogP contribution in [-0.2, 0) is 6.54 Å². The molecule has 28 heavy (non-hydrogen) atoms. The fourth-order valence-corrected chi connectivity index (χ4v) is 3.56. The fourth-order valence-electron chi connectivity index (χ4n) is 2.97. The number of benzene rings is 1. The third kappa shape index (κ3) is 4.65. The summed E-state index contributed by atoms with van der Waals surface area (Å²) in [5.74, 6) is -0.256. The predicted molar refractivity (Wildman–Crippen MR) is 121 cm³/mol. The Morgan fingerprint density at radius 1 is 1.21 bits per heavy atom. The highest BCUT2D eigenvalue weighted by Gasteiger charge is 2.26. The highest BCUT2D eigenvalue weighted by molar-refractivity contribution is 14.1. The lowest BCUT2D eigenvalue weighted by atomic mass is 10.1. The molecule has 0 bridgehead atoms. The first kappa shape index (κ1) is 22.2. The molecule has 1 amide bonds. The number of aromatic amines is 1. The molecule has 8 heteroatoms. The number of carbonyl (C=O) groups excluding carboxylic acids is 1. The van der Waals surface area contributed by atoms with E-state index in [0.717, 1.165) is 28.4 Å². The zero-order chi connectivity index (χ0) is 20.8. The van der Waals surface area contributed by atoms with Crippen molar-refractivity contribution in [1.29, 1.82) is 0 Å². The standard InChI is InChI=1S/C20H27IN4O3/c1-4-6-11-24(19(27)14-10-8-9-13(3)15(14)21)16-17(22)25(12-7-5-2)20(28)23-18(16)26/h8-10H,4-7,11-12,22H2,1-3H3,(H,23,26,28). The zero-order valence-electron chi connectivity index (χ0n) is 16.5. The van der Waals surface area contributed by atoms with Crippen LogP contribution < -0.4 is 21.9 Å². The van der Waals surface area contributed by atoms with Gasteiger partial charge in [0.2, 0.25) is 0 Å². The van der Waals surface area contributed by atoms with E-state index >= 15 is 0 Å². The molecule has 0 aliphatic carbocycles.